The zero-order valence-corrected chi connectivity index (χ0v) is 5.86. The van der Waals surface area contributed by atoms with Gasteiger partial charge >= 0.3 is 5.97 Å². The van der Waals surface area contributed by atoms with Gasteiger partial charge in [0.25, 0.3) is 0 Å². The second-order valence-corrected chi connectivity index (χ2v) is 2.15. The molecule has 0 heterocycles. The Kier molecular flexibility index (Phi) is 4.40. The maximum atomic E-state index is 10.6. The van der Waals surface area contributed by atoms with Crippen LogP contribution in [0.5, 0.6) is 0 Å². The van der Waals surface area contributed by atoms with E-state index in [1.807, 2.05) is 0 Å². The van der Waals surface area contributed by atoms with Crippen LogP contribution in [0, 0.1) is 0 Å². The highest BCUT2D eigenvalue weighted by molar-refractivity contribution is 5.94. The Morgan fingerprint density at radius 2 is 1.91 bits per heavy atom. The van der Waals surface area contributed by atoms with Crippen molar-refractivity contribution in [2.75, 3.05) is 6.61 Å². The number of aliphatic hydroxyl groups excluding tert-OH is 2. The molecule has 3 N–H and O–H groups in total. The number of carboxylic acids is 1. The van der Waals surface area contributed by atoms with Gasteiger partial charge in [0.15, 0.2) is 0 Å². The van der Waals surface area contributed by atoms with Crippen LogP contribution >= 0.6 is 0 Å². The molecule has 0 radical (unpaired) electrons. The average molecular weight is 162 g/mol. The molecular weight excluding hydrogens is 152 g/mol. The number of carboxylic acid groups (broad SMARTS) is 1. The molecule has 1 atom stereocenters. The molecule has 0 aromatic rings. The van der Waals surface area contributed by atoms with E-state index in [4.69, 9.17) is 15.3 Å². The van der Waals surface area contributed by atoms with E-state index in [0.29, 0.717) is 0 Å². The van der Waals surface area contributed by atoms with Gasteiger partial charge < -0.3 is 15.3 Å². The zero-order chi connectivity index (χ0) is 8.85. The Balaban J connectivity index is 3.60. The Hall–Kier alpha value is -0.940. The third kappa shape index (κ3) is 5.50. The van der Waals surface area contributed by atoms with Crippen LogP contribution in [-0.2, 0) is 9.59 Å². The lowest BCUT2D eigenvalue weighted by molar-refractivity contribution is -0.140. The minimum absolute atomic E-state index is 0.303. The molecule has 5 nitrogen and oxygen atoms in total. The first kappa shape index (κ1) is 10.1. The molecule has 0 bridgehead atoms. The van der Waals surface area contributed by atoms with E-state index in [2.05, 4.69) is 0 Å². The highest BCUT2D eigenvalue weighted by Crippen LogP contribution is 1.95. The van der Waals surface area contributed by atoms with Crippen LogP contribution in [-0.4, -0.2) is 39.8 Å². The molecule has 0 aliphatic heterocycles. The number of carbonyl (C=O) groups is 2. The third-order valence-corrected chi connectivity index (χ3v) is 1.02. The topological polar surface area (TPSA) is 94.8 Å². The number of aliphatic carboxylic acids is 1. The van der Waals surface area contributed by atoms with Gasteiger partial charge in [-0.05, 0) is 0 Å². The predicted molar refractivity (Wildman–Crippen MR) is 35.0 cm³/mol. The van der Waals surface area contributed by atoms with Gasteiger partial charge in [0.1, 0.15) is 12.2 Å². The summed E-state index contributed by atoms with van der Waals surface area (Å²) in [5, 5.41) is 25.1. The number of ketones is 1. The summed E-state index contributed by atoms with van der Waals surface area (Å²) in [4.78, 5) is 20.5. The normalized spacial score (nSPS) is 12.5. The Morgan fingerprint density at radius 1 is 1.36 bits per heavy atom. The lowest BCUT2D eigenvalue weighted by atomic mass is 10.1. The molecule has 11 heavy (non-hydrogen) atoms. The summed E-state index contributed by atoms with van der Waals surface area (Å²) < 4.78 is 0. The van der Waals surface area contributed by atoms with Crippen LogP contribution in [0.4, 0.5) is 0 Å². The van der Waals surface area contributed by atoms with E-state index in [0.717, 1.165) is 0 Å². The second-order valence-electron chi connectivity index (χ2n) is 2.15. The van der Waals surface area contributed by atoms with E-state index < -0.39 is 30.9 Å². The Bertz CT molecular complexity index is 153. The van der Waals surface area contributed by atoms with Gasteiger partial charge in [-0.2, -0.15) is 0 Å². The molecular formula is C6H10O5. The maximum absolute atomic E-state index is 10.6. The van der Waals surface area contributed by atoms with Gasteiger partial charge in [0, 0.05) is 6.42 Å². The molecule has 0 aromatic carbocycles. The van der Waals surface area contributed by atoms with Crippen LogP contribution < -0.4 is 0 Å². The number of aliphatic hydroxyl groups is 2. The summed E-state index contributed by atoms with van der Waals surface area (Å²) >= 11 is 0. The van der Waals surface area contributed by atoms with Crippen molar-refractivity contribution < 1.29 is 24.9 Å². The second kappa shape index (κ2) is 4.81. The van der Waals surface area contributed by atoms with Crippen molar-refractivity contribution >= 4 is 11.8 Å². The van der Waals surface area contributed by atoms with E-state index in [9.17, 15) is 9.59 Å². The number of Topliss-reactive ketones (excluding diaryl/α,β-unsaturated/α-hetero) is 1. The van der Waals surface area contributed by atoms with Gasteiger partial charge in [-0.3, -0.25) is 9.59 Å². The molecule has 0 amide bonds. The fraction of sp³-hybridized carbons (Fsp3) is 0.667. The van der Waals surface area contributed by atoms with Gasteiger partial charge in [-0.25, -0.2) is 0 Å². The quantitative estimate of drug-likeness (QED) is 0.440. The summed E-state index contributed by atoms with van der Waals surface area (Å²) in [6.45, 7) is -0.522. The lowest BCUT2D eigenvalue weighted by Crippen LogP contribution is -2.19. The van der Waals surface area contributed by atoms with Crippen molar-refractivity contribution in [2.45, 2.75) is 18.9 Å². The first-order chi connectivity index (χ1) is 5.06. The van der Waals surface area contributed by atoms with Gasteiger partial charge in [0.2, 0.25) is 0 Å². The average Bonchev–Trinajstić information content (AvgIpc) is 1.85. The van der Waals surface area contributed by atoms with E-state index in [-0.39, 0.29) is 6.42 Å². The number of hydrogen-bond acceptors (Lipinski definition) is 4. The number of hydrogen-bond donors (Lipinski definition) is 3. The molecule has 1 unspecified atom stereocenters. The van der Waals surface area contributed by atoms with Crippen molar-refractivity contribution in [2.24, 2.45) is 0 Å². The van der Waals surface area contributed by atoms with Crippen LogP contribution in [0.1, 0.15) is 12.8 Å². The van der Waals surface area contributed by atoms with E-state index in [1.165, 1.54) is 0 Å². The predicted octanol–water partition coefficient (Wildman–Crippen LogP) is -1.23. The summed E-state index contributed by atoms with van der Waals surface area (Å²) in [5.74, 6) is -1.81. The van der Waals surface area contributed by atoms with Crippen LogP contribution in [0.3, 0.4) is 0 Å². The monoisotopic (exact) mass is 162 g/mol. The highest BCUT2D eigenvalue weighted by Gasteiger charge is 2.12. The first-order valence-corrected chi connectivity index (χ1v) is 3.08. The molecule has 0 saturated heterocycles. The highest BCUT2D eigenvalue weighted by atomic mass is 16.4. The Morgan fingerprint density at radius 3 is 2.27 bits per heavy atom. The fourth-order valence-electron chi connectivity index (χ4n) is 0.568. The molecule has 0 saturated carbocycles. The van der Waals surface area contributed by atoms with Crippen LogP contribution in [0.2, 0.25) is 0 Å². The SMILES string of the molecule is O=C(O)CC(=O)CC(O)CO. The standard InChI is InChI=1S/C6H10O5/c7-3-5(9)1-4(8)2-6(10)11/h5,7,9H,1-3H2,(H,10,11). The third-order valence-electron chi connectivity index (χ3n) is 1.02. The largest absolute Gasteiger partial charge is 0.481 e. The lowest BCUT2D eigenvalue weighted by Gasteiger charge is -2.02. The molecule has 0 aliphatic carbocycles. The summed E-state index contributed by atoms with van der Waals surface area (Å²) in [6, 6.07) is 0. The van der Waals surface area contributed by atoms with Crippen molar-refractivity contribution in [1.29, 1.82) is 0 Å². The number of rotatable bonds is 5. The zero-order valence-electron chi connectivity index (χ0n) is 5.86. The molecule has 0 aromatic heterocycles. The molecule has 0 rings (SSSR count). The summed E-state index contributed by atoms with van der Waals surface area (Å²) in [5.41, 5.74) is 0. The minimum atomic E-state index is -1.22. The van der Waals surface area contributed by atoms with Gasteiger partial charge in [-0.1, -0.05) is 0 Å². The van der Waals surface area contributed by atoms with Crippen molar-refractivity contribution in [3.8, 4) is 0 Å². The fourth-order valence-corrected chi connectivity index (χ4v) is 0.568. The van der Waals surface area contributed by atoms with Crippen molar-refractivity contribution in [3.63, 3.8) is 0 Å². The van der Waals surface area contributed by atoms with E-state index >= 15 is 0 Å². The van der Waals surface area contributed by atoms with Crippen LogP contribution in [0.25, 0.3) is 0 Å². The number of carbonyl (C=O) groups excluding carboxylic acids is 1. The smallest absolute Gasteiger partial charge is 0.310 e. The minimum Gasteiger partial charge on any atom is -0.481 e. The molecule has 64 valence electrons. The molecule has 0 spiro atoms. The van der Waals surface area contributed by atoms with Crippen LogP contribution in [0.15, 0.2) is 0 Å². The summed E-state index contributed by atoms with van der Waals surface area (Å²) in [7, 11) is 0. The maximum Gasteiger partial charge on any atom is 0.310 e. The molecule has 0 fully saturated rings. The first-order valence-electron chi connectivity index (χ1n) is 3.08. The van der Waals surface area contributed by atoms with E-state index in [1.54, 1.807) is 0 Å². The molecule has 5 heteroatoms. The van der Waals surface area contributed by atoms with Gasteiger partial charge in [-0.15, -0.1) is 0 Å². The van der Waals surface area contributed by atoms with Gasteiger partial charge in [0.05, 0.1) is 12.7 Å². The molecule has 0 aliphatic rings. The Labute approximate surface area is 63.3 Å². The van der Waals surface area contributed by atoms with Crippen molar-refractivity contribution in [1.82, 2.24) is 0 Å². The van der Waals surface area contributed by atoms with Crippen molar-refractivity contribution in [3.05, 3.63) is 0 Å². The summed E-state index contributed by atoms with van der Waals surface area (Å²) in [6.07, 6.45) is -2.04.